The molecule has 0 aliphatic rings. The predicted octanol–water partition coefficient (Wildman–Crippen LogP) is 3.97. The van der Waals surface area contributed by atoms with Crippen LogP contribution in [0.15, 0.2) is 71.6 Å². The van der Waals surface area contributed by atoms with Crippen molar-refractivity contribution in [1.29, 1.82) is 0 Å². The number of hydrogen-bond acceptors (Lipinski definition) is 4. The van der Waals surface area contributed by atoms with Crippen LogP contribution in [0.25, 0.3) is 0 Å². The highest BCUT2D eigenvalue weighted by Gasteiger charge is 2.18. The molecule has 2 atom stereocenters. The second kappa shape index (κ2) is 11.9. The minimum atomic E-state index is -3.62. The normalized spacial score (nSPS) is 14.2. The lowest BCUT2D eigenvalue weighted by Gasteiger charge is -2.16. The smallest absolute Gasteiger partial charge is 0.241 e. The summed E-state index contributed by atoms with van der Waals surface area (Å²) >= 11 is 0. The third-order valence-electron chi connectivity index (χ3n) is 4.47. The summed E-state index contributed by atoms with van der Waals surface area (Å²) in [6, 6.07) is 16.1. The van der Waals surface area contributed by atoms with Crippen molar-refractivity contribution in [3.05, 3.63) is 77.9 Å². The summed E-state index contributed by atoms with van der Waals surface area (Å²) < 4.78 is 33.6. The van der Waals surface area contributed by atoms with Gasteiger partial charge in [-0.2, -0.15) is 0 Å². The Hall–Kier alpha value is -1.99. The highest BCUT2D eigenvalue weighted by atomic mass is 32.2. The zero-order chi connectivity index (χ0) is 21.1. The molecule has 0 fully saturated rings. The summed E-state index contributed by atoms with van der Waals surface area (Å²) in [4.78, 5) is 0.241. The largest absolute Gasteiger partial charge is 0.387 e. The standard InChI is InChI=1S/C23H31NO4S/c1-3-4-10-21(24-29(26,27)23-15-11-19(2)12-16-23)13-14-22(25)18-28-17-20-8-6-5-7-9-20/h5-9,11-16,21-22,24-25H,3-4,10,17-18H2,1-2H3/b14-13+/t21-,22+/m0/s1. The van der Waals surface area contributed by atoms with E-state index in [9.17, 15) is 13.5 Å². The van der Waals surface area contributed by atoms with E-state index in [0.29, 0.717) is 13.0 Å². The maximum Gasteiger partial charge on any atom is 0.241 e. The van der Waals surface area contributed by atoms with Crippen LogP contribution in [0.1, 0.15) is 37.3 Å². The third-order valence-corrected chi connectivity index (χ3v) is 5.98. The first-order valence-corrected chi connectivity index (χ1v) is 11.5. The molecule has 2 rings (SSSR count). The Balaban J connectivity index is 1.93. The van der Waals surface area contributed by atoms with Gasteiger partial charge in [0.1, 0.15) is 0 Å². The van der Waals surface area contributed by atoms with E-state index in [4.69, 9.17) is 4.74 Å². The minimum absolute atomic E-state index is 0.149. The molecule has 6 heteroatoms. The quantitative estimate of drug-likeness (QED) is 0.513. The number of rotatable bonds is 12. The molecule has 0 saturated heterocycles. The van der Waals surface area contributed by atoms with Gasteiger partial charge in [-0.05, 0) is 31.0 Å². The highest BCUT2D eigenvalue weighted by molar-refractivity contribution is 7.89. The van der Waals surface area contributed by atoms with Gasteiger partial charge in [-0.1, -0.05) is 79.9 Å². The van der Waals surface area contributed by atoms with Crippen LogP contribution in [0.4, 0.5) is 0 Å². The zero-order valence-electron chi connectivity index (χ0n) is 17.1. The number of sulfonamides is 1. The predicted molar refractivity (Wildman–Crippen MR) is 116 cm³/mol. The second-order valence-corrected chi connectivity index (χ2v) is 8.85. The lowest BCUT2D eigenvalue weighted by atomic mass is 10.1. The summed E-state index contributed by atoms with van der Waals surface area (Å²) in [6.45, 7) is 4.54. The lowest BCUT2D eigenvalue weighted by molar-refractivity contribution is 0.0502. The Morgan fingerprint density at radius 2 is 1.76 bits per heavy atom. The Bertz CT molecular complexity index is 848. The van der Waals surface area contributed by atoms with Gasteiger partial charge in [-0.15, -0.1) is 0 Å². The number of hydrogen-bond donors (Lipinski definition) is 2. The van der Waals surface area contributed by atoms with Crippen molar-refractivity contribution in [3.8, 4) is 0 Å². The Morgan fingerprint density at radius 1 is 1.07 bits per heavy atom. The fraction of sp³-hybridized carbons (Fsp3) is 0.391. The molecule has 2 N–H and O–H groups in total. The fourth-order valence-corrected chi connectivity index (χ4v) is 4.02. The number of ether oxygens (including phenoxy) is 1. The Kier molecular flexibility index (Phi) is 9.54. The summed E-state index contributed by atoms with van der Waals surface area (Å²) in [5, 5.41) is 10.2. The van der Waals surface area contributed by atoms with Gasteiger partial charge < -0.3 is 9.84 Å². The molecule has 2 aromatic carbocycles. The van der Waals surface area contributed by atoms with Gasteiger partial charge in [0.05, 0.1) is 24.2 Å². The fourth-order valence-electron chi connectivity index (χ4n) is 2.79. The number of aryl methyl sites for hydroxylation is 1. The molecule has 0 amide bonds. The van der Waals surface area contributed by atoms with Crippen molar-refractivity contribution >= 4 is 10.0 Å². The molecule has 158 valence electrons. The number of aliphatic hydroxyl groups is 1. The van der Waals surface area contributed by atoms with Crippen LogP contribution in [0, 0.1) is 6.92 Å². The maximum atomic E-state index is 12.7. The minimum Gasteiger partial charge on any atom is -0.387 e. The van der Waals surface area contributed by atoms with Gasteiger partial charge in [-0.25, -0.2) is 13.1 Å². The third kappa shape index (κ3) is 8.50. The molecule has 0 bridgehead atoms. The van der Waals surface area contributed by atoms with E-state index in [1.165, 1.54) is 0 Å². The van der Waals surface area contributed by atoms with Gasteiger partial charge in [0.2, 0.25) is 10.0 Å². The summed E-state index contributed by atoms with van der Waals surface area (Å²) in [5.74, 6) is 0. The first kappa shape index (κ1) is 23.3. The van der Waals surface area contributed by atoms with Crippen LogP contribution in [0.3, 0.4) is 0 Å². The Labute approximate surface area is 174 Å². The van der Waals surface area contributed by atoms with E-state index < -0.39 is 16.1 Å². The molecular weight excluding hydrogens is 386 g/mol. The maximum absolute atomic E-state index is 12.7. The van der Waals surface area contributed by atoms with Crippen LogP contribution in [-0.2, 0) is 21.4 Å². The molecule has 2 aromatic rings. The van der Waals surface area contributed by atoms with Gasteiger partial charge in [0.25, 0.3) is 0 Å². The van der Waals surface area contributed by atoms with Crippen LogP contribution in [0.2, 0.25) is 0 Å². The van der Waals surface area contributed by atoms with Crippen LogP contribution in [0.5, 0.6) is 0 Å². The van der Waals surface area contributed by atoms with Gasteiger partial charge in [-0.3, -0.25) is 0 Å². The van der Waals surface area contributed by atoms with E-state index in [0.717, 1.165) is 24.0 Å². The van der Waals surface area contributed by atoms with E-state index >= 15 is 0 Å². The van der Waals surface area contributed by atoms with Crippen molar-refractivity contribution < 1.29 is 18.3 Å². The van der Waals surface area contributed by atoms with Crippen molar-refractivity contribution in [1.82, 2.24) is 4.72 Å². The summed E-state index contributed by atoms with van der Waals surface area (Å²) in [5.41, 5.74) is 2.04. The average molecular weight is 418 g/mol. The second-order valence-electron chi connectivity index (χ2n) is 7.14. The van der Waals surface area contributed by atoms with E-state index in [1.807, 2.05) is 37.3 Å². The first-order valence-electron chi connectivity index (χ1n) is 9.98. The molecule has 0 aliphatic carbocycles. The molecule has 29 heavy (non-hydrogen) atoms. The van der Waals surface area contributed by atoms with Crippen molar-refractivity contribution in [3.63, 3.8) is 0 Å². The highest BCUT2D eigenvalue weighted by Crippen LogP contribution is 2.13. The average Bonchev–Trinajstić information content (AvgIpc) is 2.71. The topological polar surface area (TPSA) is 75.6 Å². The van der Waals surface area contributed by atoms with Crippen LogP contribution < -0.4 is 4.72 Å². The molecule has 0 aliphatic heterocycles. The number of benzene rings is 2. The number of nitrogens with one attached hydrogen (secondary N) is 1. The van der Waals surface area contributed by atoms with Gasteiger partial charge in [0, 0.05) is 6.04 Å². The zero-order valence-corrected chi connectivity index (χ0v) is 17.9. The number of unbranched alkanes of at least 4 members (excludes halogenated alkanes) is 1. The van der Waals surface area contributed by atoms with Gasteiger partial charge in [0.15, 0.2) is 0 Å². The monoisotopic (exact) mass is 417 g/mol. The van der Waals surface area contributed by atoms with E-state index in [2.05, 4.69) is 11.6 Å². The SMILES string of the molecule is CCCC[C@@H](/C=C/[C@@H](O)COCc1ccccc1)NS(=O)(=O)c1ccc(C)cc1. The molecular formula is C23H31NO4S. The number of aliphatic hydroxyl groups excluding tert-OH is 1. The van der Waals surface area contributed by atoms with Crippen LogP contribution in [-0.4, -0.2) is 32.3 Å². The molecule has 5 nitrogen and oxygen atoms in total. The lowest BCUT2D eigenvalue weighted by Crippen LogP contribution is -2.33. The molecule has 0 aromatic heterocycles. The summed E-state index contributed by atoms with van der Waals surface area (Å²) in [6.07, 6.45) is 5.02. The summed E-state index contributed by atoms with van der Waals surface area (Å²) in [7, 11) is -3.62. The molecule has 0 saturated carbocycles. The van der Waals surface area contributed by atoms with E-state index in [-0.39, 0.29) is 17.5 Å². The first-order chi connectivity index (χ1) is 13.9. The van der Waals surface area contributed by atoms with Crippen LogP contribution >= 0.6 is 0 Å². The van der Waals surface area contributed by atoms with Crippen molar-refractivity contribution in [2.75, 3.05) is 6.61 Å². The molecule has 0 spiro atoms. The van der Waals surface area contributed by atoms with Crippen molar-refractivity contribution in [2.24, 2.45) is 0 Å². The molecule has 0 unspecified atom stereocenters. The molecule has 0 heterocycles. The van der Waals surface area contributed by atoms with E-state index in [1.54, 1.807) is 36.4 Å². The van der Waals surface area contributed by atoms with Crippen molar-refractivity contribution in [2.45, 2.75) is 56.8 Å². The Morgan fingerprint density at radius 3 is 2.41 bits per heavy atom. The van der Waals surface area contributed by atoms with Gasteiger partial charge >= 0.3 is 0 Å². The molecule has 0 radical (unpaired) electrons.